The van der Waals surface area contributed by atoms with Crippen LogP contribution in [0, 0.1) is 5.82 Å². The van der Waals surface area contributed by atoms with E-state index < -0.39 is 0 Å². The van der Waals surface area contributed by atoms with Gasteiger partial charge in [-0.2, -0.15) is 0 Å². The number of nitrogen functional groups attached to an aromatic ring is 1. The molecule has 18 heavy (non-hydrogen) atoms. The van der Waals surface area contributed by atoms with Crippen molar-refractivity contribution in [1.29, 1.82) is 0 Å². The van der Waals surface area contributed by atoms with Crippen LogP contribution in [0.1, 0.15) is 5.56 Å². The summed E-state index contributed by atoms with van der Waals surface area (Å²) in [6, 6.07) is 11.7. The van der Waals surface area contributed by atoms with E-state index in [-0.39, 0.29) is 12.4 Å². The third-order valence-electron chi connectivity index (χ3n) is 2.60. The van der Waals surface area contributed by atoms with Crippen molar-refractivity contribution in [2.45, 2.75) is 6.61 Å². The van der Waals surface area contributed by atoms with Crippen LogP contribution in [0.2, 0.25) is 0 Å². The molecule has 0 fully saturated rings. The second-order valence-corrected chi connectivity index (χ2v) is 3.77. The summed E-state index contributed by atoms with van der Waals surface area (Å²) < 4.78 is 24.0. The molecule has 0 atom stereocenters. The van der Waals surface area contributed by atoms with Gasteiger partial charge in [0.15, 0.2) is 0 Å². The van der Waals surface area contributed by atoms with Crippen molar-refractivity contribution < 1.29 is 13.9 Å². The molecule has 4 heteroatoms. The average molecular weight is 247 g/mol. The molecule has 0 aliphatic rings. The minimum Gasteiger partial charge on any atom is -0.497 e. The minimum atomic E-state index is -0.358. The molecule has 0 unspecified atom stereocenters. The Hall–Kier alpha value is -2.23. The van der Waals surface area contributed by atoms with Gasteiger partial charge in [-0.05, 0) is 36.4 Å². The molecule has 3 nitrogen and oxygen atoms in total. The molecule has 0 amide bonds. The van der Waals surface area contributed by atoms with E-state index in [2.05, 4.69) is 0 Å². The van der Waals surface area contributed by atoms with Gasteiger partial charge in [0.1, 0.15) is 23.9 Å². The number of methoxy groups -OCH3 is 1. The average Bonchev–Trinajstić information content (AvgIpc) is 2.39. The number of anilines is 1. The van der Waals surface area contributed by atoms with Crippen LogP contribution >= 0.6 is 0 Å². The third kappa shape index (κ3) is 2.71. The summed E-state index contributed by atoms with van der Waals surface area (Å²) in [5, 5.41) is 0. The molecular weight excluding hydrogens is 233 g/mol. The first kappa shape index (κ1) is 12.2. The van der Waals surface area contributed by atoms with Gasteiger partial charge in [-0.15, -0.1) is 0 Å². The van der Waals surface area contributed by atoms with Crippen LogP contribution in [0.4, 0.5) is 10.1 Å². The van der Waals surface area contributed by atoms with E-state index in [0.29, 0.717) is 17.0 Å². The fourth-order valence-electron chi connectivity index (χ4n) is 1.56. The maximum atomic E-state index is 13.5. The zero-order valence-corrected chi connectivity index (χ0v) is 10.0. The molecule has 0 aliphatic carbocycles. The maximum absolute atomic E-state index is 13.5. The highest BCUT2D eigenvalue weighted by Crippen LogP contribution is 2.21. The van der Waals surface area contributed by atoms with Gasteiger partial charge in [-0.3, -0.25) is 0 Å². The number of hydrogen-bond acceptors (Lipinski definition) is 3. The fourth-order valence-corrected chi connectivity index (χ4v) is 1.56. The van der Waals surface area contributed by atoms with Gasteiger partial charge in [0.25, 0.3) is 0 Å². The van der Waals surface area contributed by atoms with Crippen molar-refractivity contribution in [2.75, 3.05) is 12.8 Å². The van der Waals surface area contributed by atoms with E-state index in [0.717, 1.165) is 5.75 Å². The summed E-state index contributed by atoms with van der Waals surface area (Å²) in [5.74, 6) is 1.02. The van der Waals surface area contributed by atoms with Crippen molar-refractivity contribution >= 4 is 5.69 Å². The van der Waals surface area contributed by atoms with E-state index in [1.165, 1.54) is 6.07 Å². The van der Waals surface area contributed by atoms with Crippen LogP contribution in [-0.2, 0) is 6.61 Å². The molecule has 0 spiro atoms. The molecule has 0 saturated carbocycles. The fraction of sp³-hybridized carbons (Fsp3) is 0.143. The van der Waals surface area contributed by atoms with Crippen LogP contribution in [0.15, 0.2) is 42.5 Å². The van der Waals surface area contributed by atoms with Gasteiger partial charge in [0.05, 0.1) is 7.11 Å². The smallest absolute Gasteiger partial charge is 0.131 e. The Labute approximate surface area is 105 Å². The lowest BCUT2D eigenvalue weighted by Gasteiger charge is -2.09. The summed E-state index contributed by atoms with van der Waals surface area (Å²) in [5.41, 5.74) is 6.45. The van der Waals surface area contributed by atoms with E-state index in [1.807, 2.05) is 0 Å². The molecule has 0 bridgehead atoms. The SMILES string of the molecule is COc1ccc(OCc2c(N)cccc2F)cc1. The zero-order chi connectivity index (χ0) is 13.0. The Morgan fingerprint density at radius 1 is 1.06 bits per heavy atom. The Bertz CT molecular complexity index is 506. The molecule has 0 radical (unpaired) electrons. The summed E-state index contributed by atoms with van der Waals surface area (Å²) in [6.07, 6.45) is 0. The van der Waals surface area contributed by atoms with Crippen LogP contribution < -0.4 is 15.2 Å². The zero-order valence-electron chi connectivity index (χ0n) is 10.0. The third-order valence-corrected chi connectivity index (χ3v) is 2.60. The standard InChI is InChI=1S/C14H14FNO2/c1-17-10-5-7-11(8-6-10)18-9-12-13(15)3-2-4-14(12)16/h2-8H,9,16H2,1H3. The number of halogens is 1. The Balaban J connectivity index is 2.06. The Morgan fingerprint density at radius 2 is 1.72 bits per heavy atom. The molecule has 0 aromatic heterocycles. The number of nitrogens with two attached hydrogens (primary N) is 1. The summed E-state index contributed by atoms with van der Waals surface area (Å²) >= 11 is 0. The monoisotopic (exact) mass is 247 g/mol. The van der Waals surface area contributed by atoms with Crippen molar-refractivity contribution in [2.24, 2.45) is 0 Å². The molecule has 0 saturated heterocycles. The first-order valence-corrected chi connectivity index (χ1v) is 5.50. The van der Waals surface area contributed by atoms with Gasteiger partial charge < -0.3 is 15.2 Å². The highest BCUT2D eigenvalue weighted by molar-refractivity contribution is 5.47. The number of ether oxygens (including phenoxy) is 2. The molecule has 2 aromatic rings. The predicted molar refractivity (Wildman–Crippen MR) is 68.1 cm³/mol. The van der Waals surface area contributed by atoms with E-state index >= 15 is 0 Å². The van der Waals surface area contributed by atoms with Crippen molar-refractivity contribution in [3.05, 3.63) is 53.8 Å². The second kappa shape index (κ2) is 5.40. The lowest BCUT2D eigenvalue weighted by atomic mass is 10.2. The van der Waals surface area contributed by atoms with Gasteiger partial charge in [0.2, 0.25) is 0 Å². The maximum Gasteiger partial charge on any atom is 0.131 e. The van der Waals surface area contributed by atoms with E-state index in [1.54, 1.807) is 43.5 Å². The molecule has 2 aromatic carbocycles. The molecule has 2 N–H and O–H groups in total. The van der Waals surface area contributed by atoms with E-state index in [4.69, 9.17) is 15.2 Å². The predicted octanol–water partition coefficient (Wildman–Crippen LogP) is 3.00. The quantitative estimate of drug-likeness (QED) is 0.845. The topological polar surface area (TPSA) is 44.5 Å². The van der Waals surface area contributed by atoms with Gasteiger partial charge >= 0.3 is 0 Å². The normalized spacial score (nSPS) is 10.1. The molecule has 2 rings (SSSR count). The van der Waals surface area contributed by atoms with Gasteiger partial charge in [-0.25, -0.2) is 4.39 Å². The minimum absolute atomic E-state index is 0.102. The largest absolute Gasteiger partial charge is 0.497 e. The van der Waals surface area contributed by atoms with Crippen LogP contribution in [0.25, 0.3) is 0 Å². The molecule has 94 valence electrons. The van der Waals surface area contributed by atoms with E-state index in [9.17, 15) is 4.39 Å². The summed E-state index contributed by atoms with van der Waals surface area (Å²) in [6.45, 7) is 0.102. The second-order valence-electron chi connectivity index (χ2n) is 3.77. The molecule has 0 aliphatic heterocycles. The molecule has 0 heterocycles. The van der Waals surface area contributed by atoms with Crippen molar-refractivity contribution in [1.82, 2.24) is 0 Å². The summed E-state index contributed by atoms with van der Waals surface area (Å²) in [7, 11) is 1.59. The number of hydrogen-bond donors (Lipinski definition) is 1. The van der Waals surface area contributed by atoms with Crippen LogP contribution in [0.5, 0.6) is 11.5 Å². The van der Waals surface area contributed by atoms with Crippen LogP contribution in [0.3, 0.4) is 0 Å². The Kier molecular flexibility index (Phi) is 3.67. The van der Waals surface area contributed by atoms with Crippen molar-refractivity contribution in [3.63, 3.8) is 0 Å². The van der Waals surface area contributed by atoms with Gasteiger partial charge in [-0.1, -0.05) is 6.07 Å². The number of rotatable bonds is 4. The first-order chi connectivity index (χ1) is 8.70. The van der Waals surface area contributed by atoms with Gasteiger partial charge in [0, 0.05) is 11.3 Å². The first-order valence-electron chi connectivity index (χ1n) is 5.50. The molecular formula is C14H14FNO2. The van der Waals surface area contributed by atoms with Crippen molar-refractivity contribution in [3.8, 4) is 11.5 Å². The Morgan fingerprint density at radius 3 is 2.33 bits per heavy atom. The highest BCUT2D eigenvalue weighted by atomic mass is 19.1. The lowest BCUT2D eigenvalue weighted by Crippen LogP contribution is -2.03. The summed E-state index contributed by atoms with van der Waals surface area (Å²) in [4.78, 5) is 0. The van der Waals surface area contributed by atoms with Crippen LogP contribution in [-0.4, -0.2) is 7.11 Å². The lowest BCUT2D eigenvalue weighted by molar-refractivity contribution is 0.300. The highest BCUT2D eigenvalue weighted by Gasteiger charge is 2.06. The number of benzene rings is 2.